The average Bonchev–Trinajstić information content (AvgIpc) is 2.68. The largest absolute Gasteiger partial charge is 0.483 e. The second kappa shape index (κ2) is 11.1. The molecule has 0 spiro atoms. The summed E-state index contributed by atoms with van der Waals surface area (Å²) in [6.07, 6.45) is 1.34. The van der Waals surface area contributed by atoms with Crippen LogP contribution >= 0.6 is 15.9 Å². The molecular weight excluding hydrogens is 452 g/mol. The fraction of sp³-hybridized carbons (Fsp3) is 0.238. The summed E-state index contributed by atoms with van der Waals surface area (Å²) in [6.45, 7) is 5.18. The lowest BCUT2D eigenvalue weighted by molar-refractivity contribution is -0.139. The first-order valence-electron chi connectivity index (χ1n) is 9.18. The first kappa shape index (κ1) is 23.1. The van der Waals surface area contributed by atoms with E-state index in [0.717, 1.165) is 10.0 Å². The number of ether oxygens (including phenoxy) is 1. The summed E-state index contributed by atoms with van der Waals surface area (Å²) in [6, 6.07) is 12.3. The number of amides is 3. The molecule has 0 aliphatic heterocycles. The Hall–Kier alpha value is -3.20. The van der Waals surface area contributed by atoms with Crippen LogP contribution < -0.4 is 20.8 Å². The molecule has 0 aliphatic rings. The zero-order chi connectivity index (χ0) is 22.1. The second-order valence-electron chi connectivity index (χ2n) is 6.66. The Morgan fingerprint density at radius 1 is 1.13 bits per heavy atom. The molecule has 0 unspecified atom stereocenters. The van der Waals surface area contributed by atoms with Crippen LogP contribution in [0.3, 0.4) is 0 Å². The summed E-state index contributed by atoms with van der Waals surface area (Å²) in [4.78, 5) is 35.4. The first-order chi connectivity index (χ1) is 14.3. The topological polar surface area (TPSA) is 109 Å². The third kappa shape index (κ3) is 7.32. The van der Waals surface area contributed by atoms with Gasteiger partial charge in [-0.25, -0.2) is 5.43 Å². The van der Waals surface area contributed by atoms with Crippen molar-refractivity contribution in [1.29, 1.82) is 0 Å². The maximum Gasteiger partial charge on any atom is 0.329 e. The van der Waals surface area contributed by atoms with E-state index in [4.69, 9.17) is 4.74 Å². The van der Waals surface area contributed by atoms with E-state index in [0.29, 0.717) is 17.0 Å². The smallest absolute Gasteiger partial charge is 0.329 e. The number of hydrogen-bond donors (Lipinski definition) is 3. The number of hydrogen-bond acceptors (Lipinski definition) is 5. The molecular formula is C21H23BrN4O4. The number of hydrazone groups is 1. The Balaban J connectivity index is 1.94. The molecule has 0 heterocycles. The molecule has 0 saturated carbocycles. The average molecular weight is 475 g/mol. The number of halogens is 1. The Morgan fingerprint density at radius 3 is 2.57 bits per heavy atom. The summed E-state index contributed by atoms with van der Waals surface area (Å²) in [5.74, 6) is -1.55. The summed E-state index contributed by atoms with van der Waals surface area (Å²) in [5.41, 5.74) is 4.31. The minimum absolute atomic E-state index is 0.159. The molecule has 158 valence electrons. The lowest BCUT2D eigenvalue weighted by Gasteiger charge is -2.11. The van der Waals surface area contributed by atoms with Crippen LogP contribution in [-0.2, 0) is 14.4 Å². The van der Waals surface area contributed by atoms with Crippen LogP contribution in [0, 0.1) is 6.92 Å². The monoisotopic (exact) mass is 474 g/mol. The maximum atomic E-state index is 12.2. The lowest BCUT2D eigenvalue weighted by atomic mass is 10.2. The minimum atomic E-state index is -0.873. The zero-order valence-corrected chi connectivity index (χ0v) is 18.4. The van der Waals surface area contributed by atoms with Crippen molar-refractivity contribution in [2.45, 2.75) is 26.8 Å². The Labute approximate surface area is 183 Å². The normalized spacial score (nSPS) is 10.7. The SMILES string of the molecule is Cc1cc(Br)ccc1NC(=O)COc1ccccc1/C=N\NC(=O)C(=O)NC(C)C. The van der Waals surface area contributed by atoms with Crippen LogP contribution in [0.15, 0.2) is 52.0 Å². The van der Waals surface area contributed by atoms with Gasteiger partial charge < -0.3 is 15.4 Å². The predicted octanol–water partition coefficient (Wildman–Crippen LogP) is 2.75. The highest BCUT2D eigenvalue weighted by Gasteiger charge is 2.13. The number of para-hydroxylation sites is 1. The van der Waals surface area contributed by atoms with Gasteiger partial charge in [0.25, 0.3) is 5.91 Å². The van der Waals surface area contributed by atoms with Gasteiger partial charge in [-0.1, -0.05) is 28.1 Å². The molecule has 30 heavy (non-hydrogen) atoms. The van der Waals surface area contributed by atoms with Gasteiger partial charge in [-0.05, 0) is 56.7 Å². The Bertz CT molecular complexity index is 960. The number of anilines is 1. The van der Waals surface area contributed by atoms with Crippen molar-refractivity contribution in [1.82, 2.24) is 10.7 Å². The van der Waals surface area contributed by atoms with Gasteiger partial charge in [0, 0.05) is 21.8 Å². The van der Waals surface area contributed by atoms with Crippen LogP contribution in [0.1, 0.15) is 25.0 Å². The molecule has 2 aromatic rings. The quantitative estimate of drug-likeness (QED) is 0.325. The van der Waals surface area contributed by atoms with Crippen molar-refractivity contribution in [3.05, 3.63) is 58.1 Å². The number of aryl methyl sites for hydroxylation is 1. The van der Waals surface area contributed by atoms with E-state index in [1.165, 1.54) is 6.21 Å². The number of nitrogens with one attached hydrogen (secondary N) is 3. The number of rotatable bonds is 7. The predicted molar refractivity (Wildman–Crippen MR) is 118 cm³/mol. The number of carbonyl (C=O) groups excluding carboxylic acids is 3. The highest BCUT2D eigenvalue weighted by atomic mass is 79.9. The highest BCUT2D eigenvalue weighted by molar-refractivity contribution is 9.10. The van der Waals surface area contributed by atoms with Gasteiger partial charge in [0.1, 0.15) is 5.75 Å². The van der Waals surface area contributed by atoms with Crippen molar-refractivity contribution in [3.8, 4) is 5.75 Å². The first-order valence-corrected chi connectivity index (χ1v) is 9.97. The van der Waals surface area contributed by atoms with Gasteiger partial charge >= 0.3 is 11.8 Å². The minimum Gasteiger partial charge on any atom is -0.483 e. The van der Waals surface area contributed by atoms with Crippen LogP contribution in [0.5, 0.6) is 5.75 Å². The highest BCUT2D eigenvalue weighted by Crippen LogP contribution is 2.20. The second-order valence-corrected chi connectivity index (χ2v) is 7.58. The van der Waals surface area contributed by atoms with Gasteiger partial charge in [-0.15, -0.1) is 0 Å². The molecule has 2 rings (SSSR count). The summed E-state index contributed by atoms with van der Waals surface area (Å²) < 4.78 is 6.51. The summed E-state index contributed by atoms with van der Waals surface area (Å²) >= 11 is 3.38. The number of nitrogens with zero attached hydrogens (tertiary/aromatic N) is 1. The van der Waals surface area contributed by atoms with Gasteiger partial charge in [-0.2, -0.15) is 5.10 Å². The van der Waals surface area contributed by atoms with E-state index < -0.39 is 11.8 Å². The number of benzene rings is 2. The van der Waals surface area contributed by atoms with Crippen molar-refractivity contribution >= 4 is 45.6 Å². The molecule has 9 heteroatoms. The Morgan fingerprint density at radius 2 is 1.87 bits per heavy atom. The molecule has 0 saturated heterocycles. The molecule has 0 aromatic heterocycles. The fourth-order valence-electron chi connectivity index (χ4n) is 2.35. The van der Waals surface area contributed by atoms with E-state index in [9.17, 15) is 14.4 Å². The Kier molecular flexibility index (Phi) is 8.54. The third-order valence-corrected chi connectivity index (χ3v) is 4.23. The van der Waals surface area contributed by atoms with E-state index >= 15 is 0 Å². The lowest BCUT2D eigenvalue weighted by Crippen LogP contribution is -2.41. The van der Waals surface area contributed by atoms with Crippen molar-refractivity contribution < 1.29 is 19.1 Å². The van der Waals surface area contributed by atoms with Crippen LogP contribution in [0.25, 0.3) is 0 Å². The van der Waals surface area contributed by atoms with Crippen LogP contribution in [0.4, 0.5) is 5.69 Å². The van der Waals surface area contributed by atoms with Gasteiger partial charge in [0.15, 0.2) is 6.61 Å². The molecule has 0 atom stereocenters. The summed E-state index contributed by atoms with van der Waals surface area (Å²) in [5, 5.41) is 9.03. The molecule has 8 nitrogen and oxygen atoms in total. The standard InChI is InChI=1S/C21H23BrN4O4/c1-13(2)24-20(28)21(29)26-23-11-15-6-4-5-7-18(15)30-12-19(27)25-17-9-8-16(22)10-14(17)3/h4-11,13H,12H2,1-3H3,(H,24,28)(H,25,27)(H,26,29)/b23-11-. The summed E-state index contributed by atoms with van der Waals surface area (Å²) in [7, 11) is 0. The molecule has 0 aliphatic carbocycles. The van der Waals surface area contributed by atoms with E-state index in [-0.39, 0.29) is 18.6 Å². The van der Waals surface area contributed by atoms with E-state index in [1.54, 1.807) is 44.2 Å². The molecule has 0 radical (unpaired) electrons. The molecule has 3 amide bonds. The molecule has 3 N–H and O–H groups in total. The molecule has 0 bridgehead atoms. The van der Waals surface area contributed by atoms with Crippen molar-refractivity contribution in [2.75, 3.05) is 11.9 Å². The van der Waals surface area contributed by atoms with E-state index in [1.807, 2.05) is 19.1 Å². The van der Waals surface area contributed by atoms with E-state index in [2.05, 4.69) is 37.1 Å². The molecule has 2 aromatic carbocycles. The maximum absolute atomic E-state index is 12.2. The van der Waals surface area contributed by atoms with Crippen LogP contribution in [0.2, 0.25) is 0 Å². The third-order valence-electron chi connectivity index (χ3n) is 3.74. The number of carbonyl (C=O) groups is 3. The van der Waals surface area contributed by atoms with Gasteiger partial charge in [-0.3, -0.25) is 14.4 Å². The van der Waals surface area contributed by atoms with Gasteiger partial charge in [0.2, 0.25) is 0 Å². The van der Waals surface area contributed by atoms with Crippen molar-refractivity contribution in [3.63, 3.8) is 0 Å². The zero-order valence-electron chi connectivity index (χ0n) is 16.9. The van der Waals surface area contributed by atoms with Crippen molar-refractivity contribution in [2.24, 2.45) is 5.10 Å². The molecule has 0 fully saturated rings. The fourth-order valence-corrected chi connectivity index (χ4v) is 2.83. The van der Waals surface area contributed by atoms with Crippen LogP contribution in [-0.4, -0.2) is 36.6 Å². The van der Waals surface area contributed by atoms with Gasteiger partial charge in [0.05, 0.1) is 6.21 Å².